The lowest BCUT2D eigenvalue weighted by Gasteiger charge is -2.11. The van der Waals surface area contributed by atoms with Crippen molar-refractivity contribution < 1.29 is 19.5 Å². The molecule has 6 nitrogen and oxygen atoms in total. The Morgan fingerprint density at radius 2 is 2.29 bits per heavy atom. The first kappa shape index (κ1) is 15.2. The lowest BCUT2D eigenvalue weighted by atomic mass is 10.2. The number of aliphatic carboxylic acids is 1. The number of urea groups is 1. The number of carbonyl (C=O) groups is 3. The fraction of sp³-hybridized carbons (Fsp3) is 0.357. The molecule has 0 bridgehead atoms. The summed E-state index contributed by atoms with van der Waals surface area (Å²) in [7, 11) is 0. The molecule has 1 aromatic rings. The zero-order valence-corrected chi connectivity index (χ0v) is 12.4. The van der Waals surface area contributed by atoms with Gasteiger partial charge in [-0.25, -0.2) is 9.59 Å². The van der Waals surface area contributed by atoms with Crippen molar-refractivity contribution in [1.82, 2.24) is 10.2 Å². The minimum atomic E-state index is -1.01. The number of hydrogen-bond acceptors (Lipinski definition) is 4. The molecule has 0 radical (unpaired) electrons. The molecular formula is C14H16N2O4S. The number of rotatable bonds is 6. The monoisotopic (exact) mass is 308 g/mol. The third-order valence-electron chi connectivity index (χ3n) is 3.09. The van der Waals surface area contributed by atoms with Crippen molar-refractivity contribution in [2.75, 3.05) is 0 Å². The predicted molar refractivity (Wildman–Crippen MR) is 78.8 cm³/mol. The van der Waals surface area contributed by atoms with E-state index in [0.717, 1.165) is 22.9 Å². The summed E-state index contributed by atoms with van der Waals surface area (Å²) >= 11 is 1.39. The van der Waals surface area contributed by atoms with Gasteiger partial charge in [0.25, 0.3) is 5.91 Å². The first-order valence-corrected chi connectivity index (χ1v) is 7.49. The van der Waals surface area contributed by atoms with E-state index in [-0.39, 0.29) is 18.5 Å². The number of carbonyl (C=O) groups excluding carboxylic acids is 2. The number of hydrogen-bond donors (Lipinski definition) is 2. The average Bonchev–Trinajstić information content (AvgIpc) is 2.98. The Balaban J connectivity index is 2.03. The van der Waals surface area contributed by atoms with Crippen molar-refractivity contribution in [3.63, 3.8) is 0 Å². The van der Waals surface area contributed by atoms with E-state index in [1.807, 2.05) is 6.92 Å². The number of nitrogens with zero attached hydrogens (tertiary/aromatic N) is 1. The summed E-state index contributed by atoms with van der Waals surface area (Å²) in [6.45, 7) is 2.18. The Morgan fingerprint density at radius 1 is 1.52 bits per heavy atom. The van der Waals surface area contributed by atoms with Gasteiger partial charge in [0.15, 0.2) is 0 Å². The highest BCUT2D eigenvalue weighted by atomic mass is 32.1. The van der Waals surface area contributed by atoms with Gasteiger partial charge in [0, 0.05) is 11.0 Å². The van der Waals surface area contributed by atoms with Gasteiger partial charge in [-0.3, -0.25) is 9.69 Å². The van der Waals surface area contributed by atoms with E-state index in [1.54, 1.807) is 11.4 Å². The Morgan fingerprint density at radius 3 is 2.95 bits per heavy atom. The van der Waals surface area contributed by atoms with Crippen molar-refractivity contribution in [2.24, 2.45) is 0 Å². The maximum absolute atomic E-state index is 12.1. The van der Waals surface area contributed by atoms with Gasteiger partial charge in [0.05, 0.1) is 6.54 Å². The maximum Gasteiger partial charge on any atom is 0.328 e. The van der Waals surface area contributed by atoms with Crippen molar-refractivity contribution in [3.05, 3.63) is 28.0 Å². The summed E-state index contributed by atoms with van der Waals surface area (Å²) < 4.78 is 0. The minimum Gasteiger partial charge on any atom is -0.478 e. The summed E-state index contributed by atoms with van der Waals surface area (Å²) in [4.78, 5) is 36.4. The second kappa shape index (κ2) is 6.53. The van der Waals surface area contributed by atoms with Crippen LogP contribution in [-0.2, 0) is 16.1 Å². The van der Waals surface area contributed by atoms with Crippen molar-refractivity contribution in [3.8, 4) is 0 Å². The highest BCUT2D eigenvalue weighted by Crippen LogP contribution is 2.21. The lowest BCUT2D eigenvalue weighted by molar-refractivity contribution is -0.131. The fourth-order valence-electron chi connectivity index (χ4n) is 2.10. The molecule has 1 aromatic heterocycles. The van der Waals surface area contributed by atoms with E-state index in [1.165, 1.54) is 22.3 Å². The highest BCUT2D eigenvalue weighted by Gasteiger charge is 2.37. The molecule has 3 amide bonds. The summed E-state index contributed by atoms with van der Waals surface area (Å²) in [6, 6.07) is 0.987. The van der Waals surface area contributed by atoms with E-state index in [9.17, 15) is 14.4 Å². The molecule has 1 aliphatic rings. The van der Waals surface area contributed by atoms with Gasteiger partial charge in [-0.2, -0.15) is 0 Å². The molecule has 1 fully saturated rings. The number of amides is 3. The molecule has 2 N–H and O–H groups in total. The molecule has 2 rings (SSSR count). The number of carboxylic acid groups (broad SMARTS) is 1. The van der Waals surface area contributed by atoms with Crippen LogP contribution in [0.25, 0.3) is 6.08 Å². The topological polar surface area (TPSA) is 86.7 Å². The molecule has 0 aromatic carbocycles. The van der Waals surface area contributed by atoms with Gasteiger partial charge in [0.1, 0.15) is 6.04 Å². The average molecular weight is 308 g/mol. The van der Waals surface area contributed by atoms with Crippen molar-refractivity contribution in [2.45, 2.75) is 32.4 Å². The Hall–Kier alpha value is -2.15. The quantitative estimate of drug-likeness (QED) is 0.622. The number of thiophene rings is 1. The van der Waals surface area contributed by atoms with Gasteiger partial charge >= 0.3 is 12.0 Å². The van der Waals surface area contributed by atoms with Gasteiger partial charge in [-0.1, -0.05) is 13.3 Å². The van der Waals surface area contributed by atoms with Gasteiger partial charge in [-0.05, 0) is 29.5 Å². The maximum atomic E-state index is 12.1. The molecule has 21 heavy (non-hydrogen) atoms. The standard InChI is InChI=1S/C14H16N2O4S/c1-2-3-11-13(19)16(14(20)15-11)7-10-6-9(8-21-10)4-5-12(17)18/h4-6,8,11H,2-3,7H2,1H3,(H,15,20)(H,17,18). The Bertz CT molecular complexity index is 594. The molecule has 0 spiro atoms. The van der Waals surface area contributed by atoms with E-state index >= 15 is 0 Å². The first-order valence-electron chi connectivity index (χ1n) is 6.61. The molecule has 1 aliphatic heterocycles. The smallest absolute Gasteiger partial charge is 0.328 e. The van der Waals surface area contributed by atoms with Crippen LogP contribution in [0.1, 0.15) is 30.2 Å². The summed E-state index contributed by atoms with van der Waals surface area (Å²) in [6.07, 6.45) is 4.00. The first-order chi connectivity index (χ1) is 10.0. The molecule has 0 saturated carbocycles. The molecule has 1 saturated heterocycles. The molecule has 1 atom stereocenters. The fourth-order valence-corrected chi connectivity index (χ4v) is 2.94. The molecule has 7 heteroatoms. The van der Waals surface area contributed by atoms with Gasteiger partial charge in [0.2, 0.25) is 0 Å². The van der Waals surface area contributed by atoms with E-state index in [4.69, 9.17) is 5.11 Å². The molecular weight excluding hydrogens is 292 g/mol. The number of carboxylic acids is 1. The highest BCUT2D eigenvalue weighted by molar-refractivity contribution is 7.10. The normalized spacial score (nSPS) is 18.5. The number of imide groups is 1. The summed E-state index contributed by atoms with van der Waals surface area (Å²) in [5.41, 5.74) is 0.745. The van der Waals surface area contributed by atoms with Crippen LogP contribution in [0.3, 0.4) is 0 Å². The predicted octanol–water partition coefficient (Wildman–Crippen LogP) is 2.07. The van der Waals surface area contributed by atoms with Crippen LogP contribution in [0.5, 0.6) is 0 Å². The van der Waals surface area contributed by atoms with Crippen LogP contribution in [-0.4, -0.2) is 34.0 Å². The molecule has 2 heterocycles. The van der Waals surface area contributed by atoms with Gasteiger partial charge < -0.3 is 10.4 Å². The number of nitrogens with one attached hydrogen (secondary N) is 1. The van der Waals surface area contributed by atoms with E-state index < -0.39 is 12.0 Å². The van der Waals surface area contributed by atoms with Crippen molar-refractivity contribution >= 4 is 35.3 Å². The van der Waals surface area contributed by atoms with Gasteiger partial charge in [-0.15, -0.1) is 11.3 Å². The van der Waals surface area contributed by atoms with Crippen LogP contribution in [0.2, 0.25) is 0 Å². The lowest BCUT2D eigenvalue weighted by Crippen LogP contribution is -2.30. The van der Waals surface area contributed by atoms with Crippen LogP contribution in [0, 0.1) is 0 Å². The molecule has 1 unspecified atom stereocenters. The molecule has 112 valence electrons. The largest absolute Gasteiger partial charge is 0.478 e. The third kappa shape index (κ3) is 3.69. The zero-order valence-electron chi connectivity index (χ0n) is 11.5. The van der Waals surface area contributed by atoms with E-state index in [0.29, 0.717) is 6.42 Å². The van der Waals surface area contributed by atoms with E-state index in [2.05, 4.69) is 5.32 Å². The van der Waals surface area contributed by atoms with Crippen molar-refractivity contribution in [1.29, 1.82) is 0 Å². The zero-order chi connectivity index (χ0) is 15.4. The van der Waals surface area contributed by atoms with Crippen LogP contribution in [0.4, 0.5) is 4.79 Å². The molecule has 0 aliphatic carbocycles. The SMILES string of the molecule is CCCC1NC(=O)N(Cc2cc(C=CC(=O)O)cs2)C1=O. The minimum absolute atomic E-state index is 0.196. The van der Waals surface area contributed by atoms with Crippen LogP contribution in [0.15, 0.2) is 17.5 Å². The Kier molecular flexibility index (Phi) is 4.74. The summed E-state index contributed by atoms with van der Waals surface area (Å²) in [5.74, 6) is -1.21. The van der Waals surface area contributed by atoms with Crippen LogP contribution >= 0.6 is 11.3 Å². The second-order valence-electron chi connectivity index (χ2n) is 4.73. The van der Waals surface area contributed by atoms with Crippen LogP contribution < -0.4 is 5.32 Å². The Labute approximate surface area is 126 Å². The second-order valence-corrected chi connectivity index (χ2v) is 5.73. The summed E-state index contributed by atoms with van der Waals surface area (Å²) in [5, 5.41) is 13.0. The third-order valence-corrected chi connectivity index (χ3v) is 4.03.